The molecule has 0 radical (unpaired) electrons. The second-order valence-electron chi connectivity index (χ2n) is 10.0. The first-order valence-electron chi connectivity index (χ1n) is 14.7. The van der Waals surface area contributed by atoms with Gasteiger partial charge in [0, 0.05) is 0 Å². The van der Waals surface area contributed by atoms with Crippen molar-refractivity contribution in [1.29, 1.82) is 0 Å². The second-order valence-corrected chi connectivity index (χ2v) is 16.0. The van der Waals surface area contributed by atoms with Crippen molar-refractivity contribution in [3.63, 3.8) is 0 Å². The molecule has 0 unspecified atom stereocenters. The standard InChI is InChI=1S/C32H36N4O8S4/c37-45(29-13-5-1-6-14-29)33-21-41-23-34(46(38)30-15-7-2-8-16-30)25-43-27-36(48(40)32-19-11-4-12-20-32)28-44-26-35(24-42-22-33)47(39)31-17-9-3-10-18-31/h1-20H,21-28H2/t45-,46-,47-,48+/m0/s1. The molecule has 48 heavy (non-hydrogen) atoms. The van der Waals surface area contributed by atoms with E-state index in [0.29, 0.717) is 19.6 Å². The van der Waals surface area contributed by atoms with Gasteiger partial charge in [-0.15, -0.1) is 0 Å². The summed E-state index contributed by atoms with van der Waals surface area (Å²) in [4.78, 5) is 2.14. The summed E-state index contributed by atoms with van der Waals surface area (Å²) < 4.78 is 84.0. The van der Waals surface area contributed by atoms with E-state index < -0.39 is 43.9 Å². The molecule has 12 nitrogen and oxygen atoms in total. The van der Waals surface area contributed by atoms with Gasteiger partial charge in [-0.25, -0.2) is 16.8 Å². The van der Waals surface area contributed by atoms with E-state index in [1.54, 1.807) is 97.1 Å². The summed E-state index contributed by atoms with van der Waals surface area (Å²) in [6.07, 6.45) is 0. The zero-order valence-electron chi connectivity index (χ0n) is 25.9. The predicted octanol–water partition coefficient (Wildman–Crippen LogP) is 3.83. The van der Waals surface area contributed by atoms with Crippen LogP contribution >= 0.6 is 0 Å². The normalized spacial score (nSPS) is 20.0. The Labute approximate surface area is 290 Å². The van der Waals surface area contributed by atoms with Crippen LogP contribution in [0.2, 0.25) is 0 Å². The Morgan fingerprint density at radius 2 is 0.479 bits per heavy atom. The van der Waals surface area contributed by atoms with Crippen molar-refractivity contribution in [2.24, 2.45) is 0 Å². The minimum atomic E-state index is -1.68. The van der Waals surface area contributed by atoms with E-state index in [2.05, 4.69) is 0 Å². The molecule has 0 spiro atoms. The van der Waals surface area contributed by atoms with Gasteiger partial charge in [0.1, 0.15) is 97.8 Å². The van der Waals surface area contributed by atoms with Crippen molar-refractivity contribution >= 4 is 43.9 Å². The molecule has 1 aliphatic rings. The highest BCUT2D eigenvalue weighted by atomic mass is 32.2. The van der Waals surface area contributed by atoms with Gasteiger partial charge >= 0.3 is 0 Å². The lowest BCUT2D eigenvalue weighted by Crippen LogP contribution is -2.40. The molecule has 1 fully saturated rings. The fourth-order valence-electron chi connectivity index (χ4n) is 4.25. The largest absolute Gasteiger partial charge is 0.349 e. The van der Waals surface area contributed by atoms with Crippen molar-refractivity contribution in [1.82, 2.24) is 17.2 Å². The van der Waals surface area contributed by atoms with Gasteiger partial charge in [0.05, 0.1) is 19.6 Å². The molecule has 4 aromatic carbocycles. The Morgan fingerprint density at radius 3 is 0.646 bits per heavy atom. The molecular formula is C32H36N4O8S4. The summed E-state index contributed by atoms with van der Waals surface area (Å²) in [7, 11) is -6.71. The van der Waals surface area contributed by atoms with Gasteiger partial charge in [-0.1, -0.05) is 72.8 Å². The maximum absolute atomic E-state index is 13.6. The van der Waals surface area contributed by atoms with Crippen LogP contribution in [-0.4, -0.2) is 87.9 Å². The van der Waals surface area contributed by atoms with Gasteiger partial charge in [0.2, 0.25) is 0 Å². The van der Waals surface area contributed by atoms with Gasteiger partial charge in [0.25, 0.3) is 0 Å². The van der Waals surface area contributed by atoms with Gasteiger partial charge in [0.15, 0.2) is 0 Å². The van der Waals surface area contributed by atoms with Gasteiger partial charge in [-0.05, 0) is 48.5 Å². The third-order valence-corrected chi connectivity index (χ3v) is 12.0. The van der Waals surface area contributed by atoms with E-state index in [0.717, 1.165) is 0 Å². The lowest BCUT2D eigenvalue weighted by atomic mass is 10.4. The average molecular weight is 733 g/mol. The van der Waals surface area contributed by atoms with E-state index in [1.165, 1.54) is 17.2 Å². The number of nitrogens with zero attached hydrogens (tertiary/aromatic N) is 4. The zero-order chi connectivity index (χ0) is 33.6. The minimum Gasteiger partial charge on any atom is -0.349 e. The van der Waals surface area contributed by atoms with Gasteiger partial charge in [-0.2, -0.15) is 17.2 Å². The predicted molar refractivity (Wildman–Crippen MR) is 182 cm³/mol. The van der Waals surface area contributed by atoms with Crippen LogP contribution in [0.25, 0.3) is 0 Å². The van der Waals surface area contributed by atoms with Crippen molar-refractivity contribution in [2.45, 2.75) is 19.6 Å². The molecule has 16 heteroatoms. The third kappa shape index (κ3) is 10.6. The van der Waals surface area contributed by atoms with E-state index in [1.807, 2.05) is 24.3 Å². The molecule has 0 aliphatic carbocycles. The van der Waals surface area contributed by atoms with Gasteiger partial charge in [-0.3, -0.25) is 0 Å². The summed E-state index contributed by atoms with van der Waals surface area (Å²) in [5.41, 5.74) is 0. The van der Waals surface area contributed by atoms with E-state index in [-0.39, 0.29) is 53.8 Å². The van der Waals surface area contributed by atoms with Crippen LogP contribution < -0.4 is 0 Å². The number of hydrogen-bond acceptors (Lipinski definition) is 8. The van der Waals surface area contributed by atoms with Crippen LogP contribution in [0.1, 0.15) is 0 Å². The van der Waals surface area contributed by atoms with E-state index >= 15 is 0 Å². The molecule has 4 atom stereocenters. The SMILES string of the molecule is O=[S@](c1ccccc1)N1COCN([S@@](=O)c2ccccc2)COCN([S@@](=O)c2ccccc2)COCN([S@@](=O)c2ccccc2)COC1. The Balaban J connectivity index is 1.39. The number of rotatable bonds is 8. The van der Waals surface area contributed by atoms with Crippen LogP contribution in [-0.2, 0) is 62.9 Å². The Hall–Kier alpha value is -2.84. The first-order valence-corrected chi connectivity index (χ1v) is 19.1. The molecule has 0 bridgehead atoms. The molecule has 1 heterocycles. The maximum Gasteiger partial charge on any atom is 0.131 e. The van der Waals surface area contributed by atoms with Crippen molar-refractivity contribution in [3.05, 3.63) is 121 Å². The average Bonchev–Trinajstić information content (AvgIpc) is 3.15. The third-order valence-electron chi connectivity index (χ3n) is 6.60. The molecule has 1 saturated heterocycles. The lowest BCUT2D eigenvalue weighted by Gasteiger charge is -2.28. The van der Waals surface area contributed by atoms with Crippen LogP contribution in [0.15, 0.2) is 141 Å². The molecule has 5 rings (SSSR count). The zero-order valence-corrected chi connectivity index (χ0v) is 29.2. The van der Waals surface area contributed by atoms with Crippen LogP contribution in [0.4, 0.5) is 0 Å². The molecular weight excluding hydrogens is 697 g/mol. The first-order chi connectivity index (χ1) is 23.5. The van der Waals surface area contributed by atoms with E-state index in [4.69, 9.17) is 18.9 Å². The smallest absolute Gasteiger partial charge is 0.131 e. The van der Waals surface area contributed by atoms with E-state index in [9.17, 15) is 16.8 Å². The van der Waals surface area contributed by atoms with Crippen molar-refractivity contribution in [2.75, 3.05) is 53.8 Å². The summed E-state index contributed by atoms with van der Waals surface area (Å²) in [5, 5.41) is 0. The van der Waals surface area contributed by atoms with Gasteiger partial charge < -0.3 is 18.9 Å². The summed E-state index contributed by atoms with van der Waals surface area (Å²) >= 11 is 0. The summed E-state index contributed by atoms with van der Waals surface area (Å²) in [6.45, 7) is -1.28. The topological polar surface area (TPSA) is 118 Å². The Bertz CT molecular complexity index is 1380. The first kappa shape index (κ1) is 36.4. The highest BCUT2D eigenvalue weighted by molar-refractivity contribution is 7.83. The fraction of sp³-hybridized carbons (Fsp3) is 0.250. The minimum absolute atomic E-state index is 0.160. The molecule has 0 amide bonds. The fourth-order valence-corrected chi connectivity index (χ4v) is 8.37. The molecule has 1 aliphatic heterocycles. The lowest BCUT2D eigenvalue weighted by molar-refractivity contribution is -0.0843. The van der Waals surface area contributed by atoms with Crippen molar-refractivity contribution in [3.8, 4) is 0 Å². The highest BCUT2D eigenvalue weighted by Crippen LogP contribution is 2.17. The maximum atomic E-state index is 13.6. The number of ether oxygens (including phenoxy) is 4. The molecule has 4 aromatic rings. The quantitative estimate of drug-likeness (QED) is 0.269. The summed E-state index contributed by atoms with van der Waals surface area (Å²) in [5.74, 6) is 0. The summed E-state index contributed by atoms with van der Waals surface area (Å²) in [6, 6.07) is 35.4. The van der Waals surface area contributed by atoms with Crippen LogP contribution in [0.5, 0.6) is 0 Å². The van der Waals surface area contributed by atoms with Crippen LogP contribution in [0.3, 0.4) is 0 Å². The Morgan fingerprint density at radius 1 is 0.312 bits per heavy atom. The molecule has 0 N–H and O–H groups in total. The van der Waals surface area contributed by atoms with Crippen molar-refractivity contribution < 1.29 is 35.8 Å². The Kier molecular flexibility index (Phi) is 14.7. The van der Waals surface area contributed by atoms with Crippen LogP contribution in [0, 0.1) is 0 Å². The second kappa shape index (κ2) is 19.4. The highest BCUT2D eigenvalue weighted by Gasteiger charge is 2.24. The number of benzene rings is 4. The molecule has 0 saturated carbocycles. The monoisotopic (exact) mass is 732 g/mol. The molecule has 256 valence electrons. The molecule has 0 aromatic heterocycles. The number of hydrogen-bond donors (Lipinski definition) is 0.